The summed E-state index contributed by atoms with van der Waals surface area (Å²) in [4.78, 5) is 11.6. The van der Waals surface area contributed by atoms with Crippen LogP contribution in [0.5, 0.6) is 0 Å². The number of anilines is 1. The van der Waals surface area contributed by atoms with E-state index in [4.69, 9.17) is 4.74 Å². The first kappa shape index (κ1) is 16.4. The van der Waals surface area contributed by atoms with E-state index in [0.29, 0.717) is 0 Å². The van der Waals surface area contributed by atoms with Gasteiger partial charge in [0.05, 0.1) is 5.56 Å². The largest absolute Gasteiger partial charge is 0.444 e. The molecule has 2 aromatic rings. The lowest BCUT2D eigenvalue weighted by molar-refractivity contribution is -0.138. The molecule has 1 N–H and O–H groups in total. The molecule has 1 amide bonds. The minimum Gasteiger partial charge on any atom is -0.444 e. The molecule has 0 fully saturated rings. The Morgan fingerprint density at radius 1 is 1.14 bits per heavy atom. The van der Waals surface area contributed by atoms with E-state index >= 15 is 0 Å². The second-order valence-electron chi connectivity index (χ2n) is 4.38. The maximum atomic E-state index is 12.8. The van der Waals surface area contributed by atoms with Gasteiger partial charge in [-0.05, 0) is 23.8 Å². The summed E-state index contributed by atoms with van der Waals surface area (Å²) in [5.74, 6) is 0. The summed E-state index contributed by atoms with van der Waals surface area (Å²) in [7, 11) is 0. The van der Waals surface area contributed by atoms with E-state index in [1.54, 1.807) is 24.3 Å². The zero-order valence-corrected chi connectivity index (χ0v) is 12.7. The van der Waals surface area contributed by atoms with Gasteiger partial charge < -0.3 is 4.74 Å². The van der Waals surface area contributed by atoms with Crippen LogP contribution in [0.4, 0.5) is 23.7 Å². The number of carbonyl (C=O) groups excluding carboxylic acids is 1. The highest BCUT2D eigenvalue weighted by atomic mass is 79.9. The third kappa shape index (κ3) is 4.49. The van der Waals surface area contributed by atoms with Crippen LogP contribution in [-0.2, 0) is 17.5 Å². The maximum absolute atomic E-state index is 12.8. The summed E-state index contributed by atoms with van der Waals surface area (Å²) < 4.78 is 43.1. The van der Waals surface area contributed by atoms with Crippen LogP contribution in [0.25, 0.3) is 0 Å². The van der Waals surface area contributed by atoms with Crippen molar-refractivity contribution in [3.05, 3.63) is 64.1 Å². The lowest BCUT2D eigenvalue weighted by Crippen LogP contribution is -2.14. The van der Waals surface area contributed by atoms with Gasteiger partial charge in [0.2, 0.25) is 0 Å². The van der Waals surface area contributed by atoms with E-state index in [2.05, 4.69) is 21.2 Å². The molecule has 2 aromatic carbocycles. The van der Waals surface area contributed by atoms with Crippen molar-refractivity contribution in [2.24, 2.45) is 0 Å². The Labute approximate surface area is 133 Å². The highest BCUT2D eigenvalue weighted by molar-refractivity contribution is 9.10. The average molecular weight is 374 g/mol. The normalized spacial score (nSPS) is 11.1. The molecule has 2 rings (SSSR count). The van der Waals surface area contributed by atoms with E-state index in [1.165, 1.54) is 12.1 Å². The van der Waals surface area contributed by atoms with Gasteiger partial charge in [0, 0.05) is 10.2 Å². The third-order valence-corrected chi connectivity index (χ3v) is 3.42. The molecule has 3 nitrogen and oxygen atoms in total. The molecule has 0 heterocycles. The van der Waals surface area contributed by atoms with Crippen LogP contribution in [0.15, 0.2) is 53.0 Å². The number of benzene rings is 2. The minimum atomic E-state index is -4.51. The summed E-state index contributed by atoms with van der Waals surface area (Å²) in [6.45, 7) is 0.0370. The van der Waals surface area contributed by atoms with Gasteiger partial charge in [-0.15, -0.1) is 0 Å². The number of halogens is 4. The number of carbonyl (C=O) groups is 1. The van der Waals surface area contributed by atoms with Crippen LogP contribution in [0.3, 0.4) is 0 Å². The third-order valence-electron chi connectivity index (χ3n) is 2.73. The standard InChI is InChI=1S/C15H11BrF3NO2/c16-13-7-6-11(8-12(13)15(17,18)19)20-14(21)22-9-10-4-2-1-3-5-10/h1-8H,9H2,(H,20,21). The second kappa shape index (κ2) is 6.83. The number of rotatable bonds is 3. The van der Waals surface area contributed by atoms with Crippen molar-refractivity contribution >= 4 is 27.7 Å². The molecule has 116 valence electrons. The Balaban J connectivity index is 2.00. The first-order valence-electron chi connectivity index (χ1n) is 6.21. The Morgan fingerprint density at radius 2 is 1.82 bits per heavy atom. The summed E-state index contributed by atoms with van der Waals surface area (Å²) in [5, 5.41) is 2.27. The molecular weight excluding hydrogens is 363 g/mol. The first-order chi connectivity index (χ1) is 10.4. The second-order valence-corrected chi connectivity index (χ2v) is 5.23. The number of alkyl halides is 3. The molecule has 0 unspecified atom stereocenters. The van der Waals surface area contributed by atoms with Crippen molar-refractivity contribution in [2.45, 2.75) is 12.8 Å². The molecule has 22 heavy (non-hydrogen) atoms. The summed E-state index contributed by atoms with van der Waals surface area (Å²) in [6, 6.07) is 12.4. The van der Waals surface area contributed by atoms with Crippen LogP contribution in [-0.4, -0.2) is 6.09 Å². The molecule has 0 aromatic heterocycles. The molecule has 0 spiro atoms. The highest BCUT2D eigenvalue weighted by Crippen LogP contribution is 2.36. The highest BCUT2D eigenvalue weighted by Gasteiger charge is 2.33. The van der Waals surface area contributed by atoms with Gasteiger partial charge >= 0.3 is 12.3 Å². The first-order valence-corrected chi connectivity index (χ1v) is 7.00. The van der Waals surface area contributed by atoms with Crippen LogP contribution >= 0.6 is 15.9 Å². The van der Waals surface area contributed by atoms with Crippen LogP contribution in [0.1, 0.15) is 11.1 Å². The van der Waals surface area contributed by atoms with Crippen molar-refractivity contribution in [3.63, 3.8) is 0 Å². The maximum Gasteiger partial charge on any atom is 0.417 e. The average Bonchev–Trinajstić information content (AvgIpc) is 2.47. The van der Waals surface area contributed by atoms with Crippen molar-refractivity contribution in [1.29, 1.82) is 0 Å². The number of ether oxygens (including phenoxy) is 1. The van der Waals surface area contributed by atoms with Gasteiger partial charge in [0.1, 0.15) is 6.61 Å². The van der Waals surface area contributed by atoms with E-state index in [1.807, 2.05) is 6.07 Å². The molecule has 0 atom stereocenters. The lowest BCUT2D eigenvalue weighted by Gasteiger charge is -2.12. The molecule has 0 saturated heterocycles. The Morgan fingerprint density at radius 3 is 2.45 bits per heavy atom. The van der Waals surface area contributed by atoms with Crippen molar-refractivity contribution in [2.75, 3.05) is 5.32 Å². The zero-order chi connectivity index (χ0) is 16.2. The zero-order valence-electron chi connectivity index (χ0n) is 11.2. The van der Waals surface area contributed by atoms with Gasteiger partial charge in [-0.3, -0.25) is 5.32 Å². The van der Waals surface area contributed by atoms with Crippen LogP contribution in [0, 0.1) is 0 Å². The predicted octanol–water partition coefficient (Wildman–Crippen LogP) is 5.22. The lowest BCUT2D eigenvalue weighted by atomic mass is 10.2. The van der Waals surface area contributed by atoms with Gasteiger partial charge in [-0.25, -0.2) is 4.79 Å². The summed E-state index contributed by atoms with van der Waals surface area (Å²) >= 11 is 2.83. The molecule has 0 aliphatic rings. The fourth-order valence-corrected chi connectivity index (χ4v) is 2.17. The number of hydrogen-bond donors (Lipinski definition) is 1. The van der Waals surface area contributed by atoms with Gasteiger partial charge in [-0.2, -0.15) is 13.2 Å². The topological polar surface area (TPSA) is 38.3 Å². The van der Waals surface area contributed by atoms with E-state index in [-0.39, 0.29) is 16.8 Å². The summed E-state index contributed by atoms with van der Waals surface area (Å²) in [5.41, 5.74) is -0.0774. The Kier molecular flexibility index (Phi) is 5.07. The van der Waals surface area contributed by atoms with Crippen molar-refractivity contribution in [1.82, 2.24) is 0 Å². The van der Waals surface area contributed by atoms with Crippen molar-refractivity contribution in [3.8, 4) is 0 Å². The Hall–Kier alpha value is -2.02. The van der Waals surface area contributed by atoms with E-state index in [0.717, 1.165) is 11.6 Å². The molecule has 0 aliphatic carbocycles. The van der Waals surface area contributed by atoms with E-state index < -0.39 is 17.8 Å². The Bertz CT molecular complexity index is 660. The SMILES string of the molecule is O=C(Nc1ccc(Br)c(C(F)(F)F)c1)OCc1ccccc1. The fourth-order valence-electron chi connectivity index (χ4n) is 1.70. The number of nitrogens with one attached hydrogen (secondary N) is 1. The molecule has 7 heteroatoms. The van der Waals surface area contributed by atoms with Crippen molar-refractivity contribution < 1.29 is 22.7 Å². The quantitative estimate of drug-likeness (QED) is 0.801. The van der Waals surface area contributed by atoms with Gasteiger partial charge in [0.15, 0.2) is 0 Å². The molecular formula is C15H11BrF3NO2. The molecule has 0 bridgehead atoms. The molecule has 0 aliphatic heterocycles. The smallest absolute Gasteiger partial charge is 0.417 e. The monoisotopic (exact) mass is 373 g/mol. The van der Waals surface area contributed by atoms with Crippen LogP contribution < -0.4 is 5.32 Å². The molecule has 0 radical (unpaired) electrons. The minimum absolute atomic E-state index is 0.00795. The molecule has 0 saturated carbocycles. The van der Waals surface area contributed by atoms with Crippen LogP contribution in [0.2, 0.25) is 0 Å². The summed E-state index contributed by atoms with van der Waals surface area (Å²) in [6.07, 6.45) is -5.33. The predicted molar refractivity (Wildman–Crippen MR) is 79.4 cm³/mol. The fraction of sp³-hybridized carbons (Fsp3) is 0.133. The number of amides is 1. The van der Waals surface area contributed by atoms with Gasteiger partial charge in [0.25, 0.3) is 0 Å². The van der Waals surface area contributed by atoms with Gasteiger partial charge in [-0.1, -0.05) is 46.3 Å². The van der Waals surface area contributed by atoms with E-state index in [9.17, 15) is 18.0 Å². The number of hydrogen-bond acceptors (Lipinski definition) is 2.